The molecule has 0 aliphatic carbocycles. The highest BCUT2D eigenvalue weighted by molar-refractivity contribution is 5.97. The average molecular weight is 302 g/mol. The third-order valence-corrected chi connectivity index (χ3v) is 2.72. The SMILES string of the molecule is NC(=NO)c1ccc(Cn2ccc(C(F)(F)F)n2)c(F)c1. The summed E-state index contributed by atoms with van der Waals surface area (Å²) in [4.78, 5) is 0. The summed E-state index contributed by atoms with van der Waals surface area (Å²) in [6.45, 7) is -0.168. The fourth-order valence-corrected chi connectivity index (χ4v) is 1.67. The fraction of sp³-hybridized carbons (Fsp3) is 0.167. The van der Waals surface area contributed by atoms with E-state index in [1.165, 1.54) is 12.1 Å². The van der Waals surface area contributed by atoms with Crippen molar-refractivity contribution in [2.45, 2.75) is 12.7 Å². The van der Waals surface area contributed by atoms with Crippen molar-refractivity contribution < 1.29 is 22.8 Å². The van der Waals surface area contributed by atoms with Crippen LogP contribution < -0.4 is 5.73 Å². The van der Waals surface area contributed by atoms with Gasteiger partial charge in [0.1, 0.15) is 5.82 Å². The summed E-state index contributed by atoms with van der Waals surface area (Å²) in [7, 11) is 0. The smallest absolute Gasteiger partial charge is 0.409 e. The highest BCUT2D eigenvalue weighted by Crippen LogP contribution is 2.27. The van der Waals surface area contributed by atoms with Crippen molar-refractivity contribution in [2.75, 3.05) is 0 Å². The van der Waals surface area contributed by atoms with Gasteiger partial charge in [-0.25, -0.2) is 4.39 Å². The van der Waals surface area contributed by atoms with Crippen molar-refractivity contribution in [3.05, 3.63) is 53.1 Å². The van der Waals surface area contributed by atoms with Crippen molar-refractivity contribution in [2.24, 2.45) is 10.9 Å². The molecule has 112 valence electrons. The molecule has 1 aromatic carbocycles. The molecule has 0 fully saturated rings. The number of hydrogen-bond donors (Lipinski definition) is 2. The zero-order valence-electron chi connectivity index (χ0n) is 10.5. The second-order valence-electron chi connectivity index (χ2n) is 4.19. The first-order valence-electron chi connectivity index (χ1n) is 5.68. The van der Waals surface area contributed by atoms with E-state index < -0.39 is 17.7 Å². The summed E-state index contributed by atoms with van der Waals surface area (Å²) in [5, 5.41) is 14.5. The van der Waals surface area contributed by atoms with Crippen LogP contribution in [0.3, 0.4) is 0 Å². The molecule has 0 radical (unpaired) electrons. The van der Waals surface area contributed by atoms with E-state index in [4.69, 9.17) is 10.9 Å². The topological polar surface area (TPSA) is 76.4 Å². The normalized spacial score (nSPS) is 12.7. The molecule has 0 saturated heterocycles. The summed E-state index contributed by atoms with van der Waals surface area (Å²) in [6, 6.07) is 4.56. The lowest BCUT2D eigenvalue weighted by Crippen LogP contribution is -2.14. The number of hydrogen-bond acceptors (Lipinski definition) is 3. The number of benzene rings is 1. The summed E-state index contributed by atoms with van der Waals surface area (Å²) in [5.74, 6) is -0.956. The molecule has 2 rings (SSSR count). The Morgan fingerprint density at radius 3 is 2.57 bits per heavy atom. The van der Waals surface area contributed by atoms with E-state index in [0.29, 0.717) is 0 Å². The van der Waals surface area contributed by atoms with Gasteiger partial charge >= 0.3 is 6.18 Å². The second-order valence-corrected chi connectivity index (χ2v) is 4.19. The third kappa shape index (κ3) is 3.30. The zero-order chi connectivity index (χ0) is 15.6. The molecule has 0 aliphatic heterocycles. The van der Waals surface area contributed by atoms with Crippen molar-refractivity contribution in [1.82, 2.24) is 9.78 Å². The molecule has 0 amide bonds. The Labute approximate surface area is 116 Å². The number of nitrogens with zero attached hydrogens (tertiary/aromatic N) is 3. The predicted molar refractivity (Wildman–Crippen MR) is 65.2 cm³/mol. The number of amidine groups is 1. The number of rotatable bonds is 3. The standard InChI is InChI=1S/C12H10F4N4O/c13-9-5-7(11(17)19-21)1-2-8(9)6-20-4-3-10(18-20)12(14,15)16/h1-5,21H,6H2,(H2,17,19). The van der Waals surface area contributed by atoms with Gasteiger partial charge in [0.25, 0.3) is 0 Å². The molecule has 9 heteroatoms. The molecular formula is C12H10F4N4O. The van der Waals surface area contributed by atoms with Crippen LogP contribution in [0.4, 0.5) is 17.6 Å². The molecule has 1 heterocycles. The van der Waals surface area contributed by atoms with E-state index >= 15 is 0 Å². The Morgan fingerprint density at radius 2 is 2.05 bits per heavy atom. The molecule has 2 aromatic rings. The van der Waals surface area contributed by atoms with Crippen LogP contribution in [0.5, 0.6) is 0 Å². The molecule has 0 unspecified atom stereocenters. The highest BCUT2D eigenvalue weighted by atomic mass is 19.4. The maximum atomic E-state index is 13.8. The molecule has 3 N–H and O–H groups in total. The monoisotopic (exact) mass is 302 g/mol. The first kappa shape index (κ1) is 14.8. The van der Waals surface area contributed by atoms with Crippen molar-refractivity contribution >= 4 is 5.84 Å². The summed E-state index contributed by atoms with van der Waals surface area (Å²) in [6.07, 6.45) is -3.43. The van der Waals surface area contributed by atoms with E-state index in [9.17, 15) is 17.6 Å². The number of aromatic nitrogens is 2. The molecule has 0 saturated carbocycles. The lowest BCUT2D eigenvalue weighted by atomic mass is 10.1. The van der Waals surface area contributed by atoms with E-state index in [0.717, 1.165) is 23.0 Å². The molecule has 0 bridgehead atoms. The molecule has 1 aromatic heterocycles. The molecule has 0 spiro atoms. The molecule has 0 aliphatic rings. The van der Waals surface area contributed by atoms with Crippen LogP contribution in [0.15, 0.2) is 35.6 Å². The van der Waals surface area contributed by atoms with Gasteiger partial charge in [-0.2, -0.15) is 18.3 Å². The maximum absolute atomic E-state index is 13.8. The quantitative estimate of drug-likeness (QED) is 0.300. The second kappa shape index (κ2) is 5.43. The molecule has 21 heavy (non-hydrogen) atoms. The van der Waals surface area contributed by atoms with E-state index in [1.807, 2.05) is 0 Å². The van der Waals surface area contributed by atoms with E-state index in [-0.39, 0.29) is 23.5 Å². The Balaban J connectivity index is 2.22. The summed E-state index contributed by atoms with van der Waals surface area (Å²) in [5.41, 5.74) is 4.55. The minimum atomic E-state index is -4.54. The summed E-state index contributed by atoms with van der Waals surface area (Å²) >= 11 is 0. The van der Waals surface area contributed by atoms with Crippen molar-refractivity contribution in [3.63, 3.8) is 0 Å². The Morgan fingerprint density at radius 1 is 1.33 bits per heavy atom. The first-order valence-corrected chi connectivity index (χ1v) is 5.68. The lowest BCUT2D eigenvalue weighted by Gasteiger charge is -2.06. The number of nitrogens with two attached hydrogens (primary N) is 1. The van der Waals surface area contributed by atoms with Gasteiger partial charge in [-0.3, -0.25) is 4.68 Å². The minimum Gasteiger partial charge on any atom is -0.409 e. The zero-order valence-corrected chi connectivity index (χ0v) is 10.5. The highest BCUT2D eigenvalue weighted by Gasteiger charge is 2.33. The Hall–Kier alpha value is -2.58. The van der Waals surface area contributed by atoms with E-state index in [2.05, 4.69) is 10.3 Å². The molecule has 5 nitrogen and oxygen atoms in total. The first-order chi connectivity index (χ1) is 9.81. The van der Waals surface area contributed by atoms with Gasteiger partial charge < -0.3 is 10.9 Å². The Kier molecular flexibility index (Phi) is 3.83. The van der Waals surface area contributed by atoms with Gasteiger partial charge in [-0.15, -0.1) is 0 Å². The number of oxime groups is 1. The van der Waals surface area contributed by atoms with Gasteiger partial charge in [-0.05, 0) is 12.1 Å². The van der Waals surface area contributed by atoms with Gasteiger partial charge in [0, 0.05) is 17.3 Å². The van der Waals surface area contributed by atoms with Gasteiger partial charge in [0.15, 0.2) is 11.5 Å². The van der Waals surface area contributed by atoms with E-state index in [1.54, 1.807) is 0 Å². The van der Waals surface area contributed by atoms with Crippen molar-refractivity contribution in [3.8, 4) is 0 Å². The minimum absolute atomic E-state index is 0.126. The third-order valence-electron chi connectivity index (χ3n) is 2.72. The van der Waals surface area contributed by atoms with Crippen LogP contribution in [0.2, 0.25) is 0 Å². The summed E-state index contributed by atoms with van der Waals surface area (Å²) < 4.78 is 52.0. The van der Waals surface area contributed by atoms with Crippen LogP contribution in [-0.4, -0.2) is 20.8 Å². The molecule has 0 atom stereocenters. The van der Waals surface area contributed by atoms with Crippen LogP contribution in [0.1, 0.15) is 16.8 Å². The number of halogens is 4. The molecular weight excluding hydrogens is 292 g/mol. The number of alkyl halides is 3. The van der Waals surface area contributed by atoms with Crippen molar-refractivity contribution in [1.29, 1.82) is 0 Å². The van der Waals surface area contributed by atoms with Crippen LogP contribution in [0.25, 0.3) is 0 Å². The van der Waals surface area contributed by atoms with Gasteiger partial charge in [-0.1, -0.05) is 17.3 Å². The fourth-order valence-electron chi connectivity index (χ4n) is 1.67. The van der Waals surface area contributed by atoms with Gasteiger partial charge in [0.05, 0.1) is 6.54 Å². The predicted octanol–water partition coefficient (Wildman–Crippen LogP) is 2.18. The van der Waals surface area contributed by atoms with Crippen LogP contribution in [-0.2, 0) is 12.7 Å². The lowest BCUT2D eigenvalue weighted by molar-refractivity contribution is -0.141. The average Bonchev–Trinajstić information content (AvgIpc) is 2.88. The Bertz CT molecular complexity index is 678. The van der Waals surface area contributed by atoms with Crippen LogP contribution >= 0.6 is 0 Å². The maximum Gasteiger partial charge on any atom is 0.435 e. The van der Waals surface area contributed by atoms with Gasteiger partial charge in [0.2, 0.25) is 0 Å². The largest absolute Gasteiger partial charge is 0.435 e. The van der Waals surface area contributed by atoms with Crippen LogP contribution in [0, 0.1) is 5.82 Å².